The molecular weight excluding hydrogens is 775 g/mol. The van der Waals surface area contributed by atoms with Gasteiger partial charge in [0.15, 0.2) is 0 Å². The average Bonchev–Trinajstić information content (AvgIpc) is 3.92. The first-order valence-electron chi connectivity index (χ1n) is 22.0. The number of benzene rings is 11. The fraction of sp³-hybridized carbons (Fsp3) is 0. The molecule has 2 heteroatoms. The van der Waals surface area contributed by atoms with Gasteiger partial charge < -0.3 is 8.98 Å². The van der Waals surface area contributed by atoms with Crippen LogP contribution in [0.4, 0.5) is 0 Å². The second-order valence-electron chi connectivity index (χ2n) is 16.7. The Bertz CT molecular complexity index is 3860. The van der Waals surface area contributed by atoms with Crippen LogP contribution in [0.3, 0.4) is 0 Å². The van der Waals surface area contributed by atoms with Gasteiger partial charge in [0, 0.05) is 38.4 Å². The topological polar surface area (TPSA) is 18.1 Å². The summed E-state index contributed by atoms with van der Waals surface area (Å²) in [6.07, 6.45) is 0. The molecule has 0 aliphatic rings. The number of hydrogen-bond donors (Lipinski definition) is 0. The molecular formula is C62H39NO. The maximum absolute atomic E-state index is 6.94. The molecule has 0 aliphatic carbocycles. The molecule has 0 amide bonds. The van der Waals surface area contributed by atoms with Crippen molar-refractivity contribution in [2.45, 2.75) is 0 Å². The van der Waals surface area contributed by atoms with Crippen molar-refractivity contribution in [1.82, 2.24) is 4.57 Å². The fourth-order valence-electron chi connectivity index (χ4n) is 10.3. The van der Waals surface area contributed by atoms with E-state index in [2.05, 4.69) is 241 Å². The quantitative estimate of drug-likeness (QED) is 0.153. The highest BCUT2D eigenvalue weighted by molar-refractivity contribution is 6.21. The van der Waals surface area contributed by atoms with Gasteiger partial charge in [0.2, 0.25) is 0 Å². The zero-order valence-corrected chi connectivity index (χ0v) is 34.9. The van der Waals surface area contributed by atoms with E-state index in [1.807, 2.05) is 0 Å². The first-order valence-corrected chi connectivity index (χ1v) is 22.0. The molecule has 2 heterocycles. The molecule has 0 spiro atoms. The molecule has 0 aliphatic heterocycles. The molecule has 11 aromatic carbocycles. The highest BCUT2D eigenvalue weighted by Gasteiger charge is 2.20. The Morgan fingerprint density at radius 3 is 1.25 bits per heavy atom. The van der Waals surface area contributed by atoms with Crippen molar-refractivity contribution in [2.24, 2.45) is 0 Å². The number of para-hydroxylation sites is 3. The number of furan rings is 1. The summed E-state index contributed by atoms with van der Waals surface area (Å²) in [6, 6.07) is 85.7. The lowest BCUT2D eigenvalue weighted by atomic mass is 9.86. The summed E-state index contributed by atoms with van der Waals surface area (Å²) >= 11 is 0. The van der Waals surface area contributed by atoms with Gasteiger partial charge in [-0.1, -0.05) is 206 Å². The van der Waals surface area contributed by atoms with Crippen LogP contribution in [-0.4, -0.2) is 4.57 Å². The summed E-state index contributed by atoms with van der Waals surface area (Å²) in [7, 11) is 0. The first-order chi connectivity index (χ1) is 31.8. The lowest BCUT2D eigenvalue weighted by Crippen LogP contribution is -1.94. The van der Waals surface area contributed by atoms with Crippen molar-refractivity contribution in [3.63, 3.8) is 0 Å². The Balaban J connectivity index is 0.917. The van der Waals surface area contributed by atoms with Gasteiger partial charge in [-0.2, -0.15) is 0 Å². The maximum atomic E-state index is 6.94. The number of nitrogens with zero attached hydrogens (tertiary/aromatic N) is 1. The molecule has 13 rings (SSSR count). The highest BCUT2D eigenvalue weighted by atomic mass is 16.3. The predicted molar refractivity (Wildman–Crippen MR) is 270 cm³/mol. The Kier molecular flexibility index (Phi) is 8.25. The van der Waals surface area contributed by atoms with Gasteiger partial charge in [-0.25, -0.2) is 0 Å². The van der Waals surface area contributed by atoms with Crippen LogP contribution in [0.15, 0.2) is 241 Å². The van der Waals surface area contributed by atoms with Crippen molar-refractivity contribution in [3.05, 3.63) is 237 Å². The summed E-state index contributed by atoms with van der Waals surface area (Å²) in [5.41, 5.74) is 17.1. The van der Waals surface area contributed by atoms with Gasteiger partial charge in [0.1, 0.15) is 11.2 Å². The van der Waals surface area contributed by atoms with Crippen LogP contribution < -0.4 is 0 Å². The van der Waals surface area contributed by atoms with E-state index in [1.165, 1.54) is 76.7 Å². The Hall–Kier alpha value is -8.46. The van der Waals surface area contributed by atoms with Gasteiger partial charge in [0.25, 0.3) is 0 Å². The van der Waals surface area contributed by atoms with E-state index >= 15 is 0 Å². The molecule has 0 bridgehead atoms. The molecule has 13 aromatic rings. The second kappa shape index (κ2) is 14.6. The van der Waals surface area contributed by atoms with Gasteiger partial charge in [-0.05, 0) is 96.4 Å². The van der Waals surface area contributed by atoms with E-state index in [0.717, 1.165) is 49.9 Å². The second-order valence-corrected chi connectivity index (χ2v) is 16.7. The number of aromatic nitrogens is 1. The minimum Gasteiger partial charge on any atom is -0.455 e. The Labute approximate surface area is 370 Å². The van der Waals surface area contributed by atoms with Gasteiger partial charge >= 0.3 is 0 Å². The predicted octanol–water partition coefficient (Wildman–Crippen LogP) is 17.3. The zero-order chi connectivity index (χ0) is 42.1. The SMILES string of the molecule is c1ccc(-c2ccc(-c3cccc4c3oc3c(-c5ccc6c(c5)c5ccccc5n6-c5ccc(-c6c7ccccc7c(-c7ccccc7)c7ccccc67)cc5)cccc34)cc2)cc1. The summed E-state index contributed by atoms with van der Waals surface area (Å²) in [6.45, 7) is 0. The molecule has 0 saturated heterocycles. The molecule has 2 aromatic heterocycles. The van der Waals surface area contributed by atoms with E-state index in [4.69, 9.17) is 4.42 Å². The smallest absolute Gasteiger partial charge is 0.143 e. The largest absolute Gasteiger partial charge is 0.455 e. The summed E-state index contributed by atoms with van der Waals surface area (Å²) in [5, 5.41) is 9.70. The minimum absolute atomic E-state index is 0.904. The van der Waals surface area contributed by atoms with E-state index < -0.39 is 0 Å². The van der Waals surface area contributed by atoms with Crippen molar-refractivity contribution in [1.29, 1.82) is 0 Å². The number of fused-ring (bicyclic) bond motifs is 8. The van der Waals surface area contributed by atoms with Crippen LogP contribution in [0, 0.1) is 0 Å². The van der Waals surface area contributed by atoms with Gasteiger partial charge in [-0.3, -0.25) is 0 Å². The monoisotopic (exact) mass is 813 g/mol. The molecule has 0 saturated carbocycles. The van der Waals surface area contributed by atoms with Crippen LogP contribution in [0.2, 0.25) is 0 Å². The van der Waals surface area contributed by atoms with Crippen LogP contribution in [0.25, 0.3) is 127 Å². The number of rotatable bonds is 6. The van der Waals surface area contributed by atoms with Crippen LogP contribution in [0.1, 0.15) is 0 Å². The van der Waals surface area contributed by atoms with Crippen molar-refractivity contribution >= 4 is 65.3 Å². The average molecular weight is 814 g/mol. The fourth-order valence-corrected chi connectivity index (χ4v) is 10.3. The van der Waals surface area contributed by atoms with Gasteiger partial charge in [0.05, 0.1) is 11.0 Å². The Morgan fingerprint density at radius 2 is 0.656 bits per heavy atom. The normalized spacial score (nSPS) is 11.8. The third kappa shape index (κ3) is 5.66. The van der Waals surface area contributed by atoms with Crippen LogP contribution >= 0.6 is 0 Å². The Morgan fingerprint density at radius 1 is 0.250 bits per heavy atom. The standard InChI is InChI=1S/C62H39NO/c1-3-15-40(16-4-1)41-29-31-42(32-30-41)47-24-13-26-54-55-27-14-25-48(62(55)64-61(47)54)45-35-38-58-56(39-45)49-19-11-12-28-57(49)63(58)46-36-33-44(34-37-46)60-52-22-9-7-20-50(52)59(43-17-5-2-6-18-43)51-21-8-10-23-53(51)60/h1-39H. The lowest BCUT2D eigenvalue weighted by Gasteiger charge is -2.18. The summed E-state index contributed by atoms with van der Waals surface area (Å²) in [5.74, 6) is 0. The maximum Gasteiger partial charge on any atom is 0.143 e. The minimum atomic E-state index is 0.904. The zero-order valence-electron chi connectivity index (χ0n) is 34.9. The van der Waals surface area contributed by atoms with Crippen LogP contribution in [-0.2, 0) is 0 Å². The number of hydrogen-bond acceptors (Lipinski definition) is 1. The molecule has 0 radical (unpaired) electrons. The van der Waals surface area contributed by atoms with E-state index in [-0.39, 0.29) is 0 Å². The molecule has 298 valence electrons. The van der Waals surface area contributed by atoms with Crippen molar-refractivity contribution < 1.29 is 4.42 Å². The molecule has 0 atom stereocenters. The third-order valence-electron chi connectivity index (χ3n) is 13.2. The molecule has 0 fully saturated rings. The highest BCUT2D eigenvalue weighted by Crippen LogP contribution is 2.45. The van der Waals surface area contributed by atoms with Gasteiger partial charge in [-0.15, -0.1) is 0 Å². The summed E-state index contributed by atoms with van der Waals surface area (Å²) in [4.78, 5) is 0. The van der Waals surface area contributed by atoms with E-state index in [9.17, 15) is 0 Å². The molecule has 0 unspecified atom stereocenters. The van der Waals surface area contributed by atoms with E-state index in [1.54, 1.807) is 0 Å². The third-order valence-corrected chi connectivity index (χ3v) is 13.2. The lowest BCUT2D eigenvalue weighted by molar-refractivity contribution is 0.671. The first kappa shape index (κ1) is 36.2. The molecule has 64 heavy (non-hydrogen) atoms. The van der Waals surface area contributed by atoms with E-state index in [0.29, 0.717) is 0 Å². The van der Waals surface area contributed by atoms with Crippen molar-refractivity contribution in [3.8, 4) is 61.3 Å². The van der Waals surface area contributed by atoms with Crippen LogP contribution in [0.5, 0.6) is 0 Å². The van der Waals surface area contributed by atoms with Crippen molar-refractivity contribution in [2.75, 3.05) is 0 Å². The molecule has 2 nitrogen and oxygen atoms in total. The molecule has 0 N–H and O–H groups in total. The summed E-state index contributed by atoms with van der Waals surface area (Å²) < 4.78 is 9.34.